The Bertz CT molecular complexity index is 1080. The topological polar surface area (TPSA) is 98.7 Å². The Morgan fingerprint density at radius 3 is 2.77 bits per heavy atom. The average Bonchev–Trinajstić information content (AvgIpc) is 3.23. The van der Waals surface area contributed by atoms with Gasteiger partial charge in [-0.15, -0.1) is 0 Å². The largest absolute Gasteiger partial charge is 0.427 e. The van der Waals surface area contributed by atoms with Gasteiger partial charge in [0.05, 0.1) is 6.54 Å². The standard InChI is InChI=1S/C22H23N3O5/c1-14-10-19(15-5-8-28-9-6-15)29-22(27)20(14)21(26)25(2)13-17-11-18(24-30-17)16-4-3-7-23-12-16/h3-4,7,10-12,15H,5-6,8-9,13H2,1-2H3. The van der Waals surface area contributed by atoms with Gasteiger partial charge in [0, 0.05) is 50.2 Å². The lowest BCUT2D eigenvalue weighted by molar-refractivity contribution is 0.0754. The number of ether oxygens (including phenoxy) is 1. The second-order valence-electron chi connectivity index (χ2n) is 7.46. The molecular weight excluding hydrogens is 386 g/mol. The maximum Gasteiger partial charge on any atom is 0.349 e. The van der Waals surface area contributed by atoms with Crippen LogP contribution in [0.3, 0.4) is 0 Å². The molecule has 1 amide bonds. The fourth-order valence-electron chi connectivity index (χ4n) is 3.61. The fourth-order valence-corrected chi connectivity index (χ4v) is 3.61. The molecule has 8 nitrogen and oxygen atoms in total. The molecule has 0 unspecified atom stereocenters. The fraction of sp³-hybridized carbons (Fsp3) is 0.364. The minimum absolute atomic E-state index is 0.0420. The average molecular weight is 409 g/mol. The third-order valence-electron chi connectivity index (χ3n) is 5.26. The number of aryl methyl sites for hydroxylation is 1. The zero-order chi connectivity index (χ0) is 21.1. The summed E-state index contributed by atoms with van der Waals surface area (Å²) in [5, 5.41) is 4.03. The van der Waals surface area contributed by atoms with Crippen LogP contribution in [-0.4, -0.2) is 41.2 Å². The second-order valence-corrected chi connectivity index (χ2v) is 7.46. The molecule has 156 valence electrons. The van der Waals surface area contributed by atoms with Crippen molar-refractivity contribution in [3.8, 4) is 11.3 Å². The molecule has 30 heavy (non-hydrogen) atoms. The van der Waals surface area contributed by atoms with Gasteiger partial charge in [0.2, 0.25) is 0 Å². The monoisotopic (exact) mass is 409 g/mol. The first-order valence-corrected chi connectivity index (χ1v) is 9.87. The lowest BCUT2D eigenvalue weighted by atomic mass is 9.95. The molecule has 0 bridgehead atoms. The predicted molar refractivity (Wildman–Crippen MR) is 108 cm³/mol. The lowest BCUT2D eigenvalue weighted by Gasteiger charge is -2.22. The number of rotatable bonds is 5. The molecule has 1 aliphatic heterocycles. The van der Waals surface area contributed by atoms with E-state index in [0.717, 1.165) is 18.4 Å². The molecule has 0 aliphatic carbocycles. The van der Waals surface area contributed by atoms with E-state index in [-0.39, 0.29) is 18.0 Å². The molecule has 0 aromatic carbocycles. The molecule has 1 saturated heterocycles. The van der Waals surface area contributed by atoms with Crippen LogP contribution in [0.2, 0.25) is 0 Å². The summed E-state index contributed by atoms with van der Waals surface area (Å²) in [6.45, 7) is 3.23. The maximum atomic E-state index is 12.9. The Labute approximate surface area is 173 Å². The number of carbonyl (C=O) groups excluding carboxylic acids is 1. The Hall–Kier alpha value is -3.26. The molecule has 0 atom stereocenters. The zero-order valence-electron chi connectivity index (χ0n) is 17.0. The van der Waals surface area contributed by atoms with Gasteiger partial charge in [0.1, 0.15) is 17.0 Å². The number of nitrogens with zero attached hydrogens (tertiary/aromatic N) is 3. The minimum atomic E-state index is -0.609. The van der Waals surface area contributed by atoms with Crippen molar-refractivity contribution in [1.29, 1.82) is 0 Å². The van der Waals surface area contributed by atoms with Crippen molar-refractivity contribution in [2.75, 3.05) is 20.3 Å². The molecular formula is C22H23N3O5. The molecule has 3 aromatic rings. The van der Waals surface area contributed by atoms with Crippen molar-refractivity contribution < 1.29 is 18.5 Å². The molecule has 0 saturated carbocycles. The summed E-state index contributed by atoms with van der Waals surface area (Å²) in [7, 11) is 1.61. The molecule has 3 aromatic heterocycles. The number of pyridine rings is 1. The Kier molecular flexibility index (Phi) is 5.76. The maximum absolute atomic E-state index is 12.9. The van der Waals surface area contributed by atoms with Crippen LogP contribution in [0.5, 0.6) is 0 Å². The van der Waals surface area contributed by atoms with Gasteiger partial charge in [-0.25, -0.2) is 4.79 Å². The van der Waals surface area contributed by atoms with E-state index in [2.05, 4.69) is 10.1 Å². The first kappa shape index (κ1) is 20.0. The SMILES string of the molecule is Cc1cc(C2CCOCC2)oc(=O)c1C(=O)N(C)Cc1cc(-c2cccnc2)no1. The van der Waals surface area contributed by atoms with E-state index in [1.54, 1.807) is 38.5 Å². The zero-order valence-corrected chi connectivity index (χ0v) is 17.0. The summed E-state index contributed by atoms with van der Waals surface area (Å²) in [4.78, 5) is 31.0. The van der Waals surface area contributed by atoms with Gasteiger partial charge in [-0.2, -0.15) is 0 Å². The van der Waals surface area contributed by atoms with Crippen molar-refractivity contribution in [3.05, 3.63) is 69.7 Å². The van der Waals surface area contributed by atoms with Crippen molar-refractivity contribution in [1.82, 2.24) is 15.0 Å². The molecule has 4 heterocycles. The van der Waals surface area contributed by atoms with Crippen molar-refractivity contribution in [2.24, 2.45) is 0 Å². The van der Waals surface area contributed by atoms with Gasteiger partial charge in [-0.1, -0.05) is 5.16 Å². The van der Waals surface area contributed by atoms with Crippen LogP contribution in [0.1, 0.15) is 46.2 Å². The number of carbonyl (C=O) groups is 1. The van der Waals surface area contributed by atoms with E-state index in [0.29, 0.717) is 36.0 Å². The first-order valence-electron chi connectivity index (χ1n) is 9.87. The lowest BCUT2D eigenvalue weighted by Crippen LogP contribution is -2.31. The van der Waals surface area contributed by atoms with E-state index < -0.39 is 11.5 Å². The van der Waals surface area contributed by atoms with E-state index in [4.69, 9.17) is 13.7 Å². The summed E-state index contributed by atoms with van der Waals surface area (Å²) in [6, 6.07) is 7.24. The molecule has 4 rings (SSSR count). The highest BCUT2D eigenvalue weighted by Gasteiger charge is 2.25. The minimum Gasteiger partial charge on any atom is -0.427 e. The van der Waals surface area contributed by atoms with Crippen molar-refractivity contribution in [2.45, 2.75) is 32.2 Å². The van der Waals surface area contributed by atoms with Crippen LogP contribution in [0.15, 0.2) is 50.4 Å². The Morgan fingerprint density at radius 2 is 2.07 bits per heavy atom. The normalized spacial score (nSPS) is 14.6. The van der Waals surface area contributed by atoms with Gasteiger partial charge < -0.3 is 18.6 Å². The van der Waals surface area contributed by atoms with E-state index in [1.165, 1.54) is 4.90 Å². The van der Waals surface area contributed by atoms with Crippen molar-refractivity contribution in [3.63, 3.8) is 0 Å². The second kappa shape index (κ2) is 8.62. The van der Waals surface area contributed by atoms with Crippen LogP contribution in [0, 0.1) is 6.92 Å². The summed E-state index contributed by atoms with van der Waals surface area (Å²) < 4.78 is 16.2. The summed E-state index contributed by atoms with van der Waals surface area (Å²) in [5.74, 6) is 0.855. The van der Waals surface area contributed by atoms with Gasteiger partial charge >= 0.3 is 5.63 Å². The summed E-state index contributed by atoms with van der Waals surface area (Å²) in [6.07, 6.45) is 4.98. The quantitative estimate of drug-likeness (QED) is 0.638. The number of amides is 1. The molecule has 0 radical (unpaired) electrons. The number of hydrogen-bond donors (Lipinski definition) is 0. The van der Waals surface area contributed by atoms with Crippen LogP contribution in [0.4, 0.5) is 0 Å². The van der Waals surface area contributed by atoms with E-state index >= 15 is 0 Å². The molecule has 1 aliphatic rings. The molecule has 0 N–H and O–H groups in total. The van der Waals surface area contributed by atoms with Gasteiger partial charge in [-0.3, -0.25) is 9.78 Å². The van der Waals surface area contributed by atoms with Gasteiger partial charge in [0.25, 0.3) is 5.91 Å². The third kappa shape index (κ3) is 4.18. The Balaban J connectivity index is 1.50. The van der Waals surface area contributed by atoms with Crippen LogP contribution in [-0.2, 0) is 11.3 Å². The first-order chi connectivity index (χ1) is 14.5. The predicted octanol–water partition coefficient (Wildman–Crippen LogP) is 3.16. The third-order valence-corrected chi connectivity index (χ3v) is 5.26. The van der Waals surface area contributed by atoms with E-state index in [1.807, 2.05) is 12.1 Å². The molecule has 0 spiro atoms. The highest BCUT2D eigenvalue weighted by atomic mass is 16.5. The molecule has 1 fully saturated rings. The van der Waals surface area contributed by atoms with Crippen LogP contribution in [0.25, 0.3) is 11.3 Å². The number of aromatic nitrogens is 2. The summed E-state index contributed by atoms with van der Waals surface area (Å²) >= 11 is 0. The van der Waals surface area contributed by atoms with Crippen LogP contribution >= 0.6 is 0 Å². The highest BCUT2D eigenvalue weighted by molar-refractivity contribution is 5.94. The van der Waals surface area contributed by atoms with Crippen LogP contribution < -0.4 is 5.63 Å². The summed E-state index contributed by atoms with van der Waals surface area (Å²) in [5.41, 5.74) is 1.50. The van der Waals surface area contributed by atoms with E-state index in [9.17, 15) is 9.59 Å². The van der Waals surface area contributed by atoms with Gasteiger partial charge in [0.15, 0.2) is 5.76 Å². The van der Waals surface area contributed by atoms with Gasteiger partial charge in [-0.05, 0) is 43.5 Å². The highest BCUT2D eigenvalue weighted by Crippen LogP contribution is 2.27. The Morgan fingerprint density at radius 1 is 1.27 bits per heavy atom. The van der Waals surface area contributed by atoms with Crippen molar-refractivity contribution >= 4 is 5.91 Å². The number of hydrogen-bond acceptors (Lipinski definition) is 7. The smallest absolute Gasteiger partial charge is 0.349 e. The molecule has 8 heteroatoms.